The molecule has 0 aliphatic carbocycles. The Labute approximate surface area is 124 Å². The number of nitrogens with one attached hydrogen (secondary N) is 1. The topological polar surface area (TPSA) is 29.1 Å². The lowest BCUT2D eigenvalue weighted by Gasteiger charge is -2.07. The van der Waals surface area contributed by atoms with Crippen LogP contribution in [0.5, 0.6) is 0 Å². The molecule has 2 rings (SSSR count). The molecule has 20 heavy (non-hydrogen) atoms. The molecule has 2 aromatic carbocycles. The normalized spacial score (nSPS) is 10.3. The first-order valence-corrected chi connectivity index (χ1v) is 7.22. The third-order valence-corrected chi connectivity index (χ3v) is 3.35. The molecule has 0 unspecified atom stereocenters. The highest BCUT2D eigenvalue weighted by molar-refractivity contribution is 6.31. The Morgan fingerprint density at radius 1 is 1.15 bits per heavy atom. The van der Waals surface area contributed by atoms with Gasteiger partial charge < -0.3 is 5.32 Å². The van der Waals surface area contributed by atoms with Crippen LogP contribution in [0.1, 0.15) is 35.7 Å². The van der Waals surface area contributed by atoms with Crippen molar-refractivity contribution in [3.05, 3.63) is 64.7 Å². The number of hydrogen-bond acceptors (Lipinski definition) is 1. The summed E-state index contributed by atoms with van der Waals surface area (Å²) in [5.41, 5.74) is 2.66. The number of hydrogen-bond donors (Lipinski definition) is 1. The maximum absolute atomic E-state index is 12.1. The van der Waals surface area contributed by atoms with Crippen molar-refractivity contribution in [2.75, 3.05) is 5.32 Å². The van der Waals surface area contributed by atoms with Gasteiger partial charge in [0.05, 0.1) is 0 Å². The van der Waals surface area contributed by atoms with E-state index in [2.05, 4.69) is 24.4 Å². The third-order valence-electron chi connectivity index (χ3n) is 3.12. The monoisotopic (exact) mass is 287 g/mol. The highest BCUT2D eigenvalue weighted by Gasteiger charge is 2.06. The molecule has 0 radical (unpaired) electrons. The lowest BCUT2D eigenvalue weighted by atomic mass is 10.1. The Kier molecular flexibility index (Phi) is 5.19. The summed E-state index contributed by atoms with van der Waals surface area (Å²) in [6, 6.07) is 14.9. The smallest absolute Gasteiger partial charge is 0.255 e. The van der Waals surface area contributed by atoms with Gasteiger partial charge in [-0.2, -0.15) is 0 Å². The Morgan fingerprint density at radius 2 is 1.90 bits per heavy atom. The molecule has 0 fully saturated rings. The largest absolute Gasteiger partial charge is 0.322 e. The fourth-order valence-electron chi connectivity index (χ4n) is 1.97. The molecule has 0 atom stereocenters. The molecule has 1 N–H and O–H groups in total. The van der Waals surface area contributed by atoms with Crippen LogP contribution in [0.25, 0.3) is 0 Å². The van der Waals surface area contributed by atoms with E-state index in [0.29, 0.717) is 10.6 Å². The van der Waals surface area contributed by atoms with Crippen LogP contribution in [0, 0.1) is 0 Å². The summed E-state index contributed by atoms with van der Waals surface area (Å²) in [4.78, 5) is 12.1. The van der Waals surface area contributed by atoms with Gasteiger partial charge in [-0.1, -0.05) is 43.1 Å². The first kappa shape index (κ1) is 14.6. The number of unbranched alkanes of at least 4 members (excludes halogenated alkanes) is 1. The van der Waals surface area contributed by atoms with Crippen LogP contribution < -0.4 is 5.32 Å². The zero-order chi connectivity index (χ0) is 14.4. The third kappa shape index (κ3) is 4.10. The second-order valence-corrected chi connectivity index (χ2v) is 5.20. The lowest BCUT2D eigenvalue weighted by molar-refractivity contribution is 0.102. The first-order valence-electron chi connectivity index (χ1n) is 6.85. The van der Waals surface area contributed by atoms with E-state index in [4.69, 9.17) is 11.6 Å². The van der Waals surface area contributed by atoms with Gasteiger partial charge in [0.2, 0.25) is 0 Å². The Balaban J connectivity index is 2.01. The summed E-state index contributed by atoms with van der Waals surface area (Å²) in [7, 11) is 0. The van der Waals surface area contributed by atoms with Crippen molar-refractivity contribution in [1.29, 1.82) is 0 Å². The molecule has 0 saturated carbocycles. The minimum absolute atomic E-state index is 0.145. The SMILES string of the molecule is CCCCc1ccc(NC(=O)c2cccc(Cl)c2)cc1. The number of carbonyl (C=O) groups excluding carboxylic acids is 1. The van der Waals surface area contributed by atoms with Crippen LogP contribution in [0.2, 0.25) is 5.02 Å². The van der Waals surface area contributed by atoms with Crippen LogP contribution in [-0.2, 0) is 6.42 Å². The van der Waals surface area contributed by atoms with E-state index in [1.54, 1.807) is 24.3 Å². The number of aryl methyl sites for hydroxylation is 1. The van der Waals surface area contributed by atoms with Crippen LogP contribution in [-0.4, -0.2) is 5.91 Å². The molecule has 3 heteroatoms. The summed E-state index contributed by atoms with van der Waals surface area (Å²) in [6.07, 6.45) is 3.46. The van der Waals surface area contributed by atoms with Gasteiger partial charge in [0, 0.05) is 16.3 Å². The second-order valence-electron chi connectivity index (χ2n) is 4.76. The molecule has 0 aliphatic heterocycles. The summed E-state index contributed by atoms with van der Waals surface area (Å²) in [5, 5.41) is 3.43. The second kappa shape index (κ2) is 7.11. The molecule has 1 amide bonds. The minimum Gasteiger partial charge on any atom is -0.322 e. The molecular weight excluding hydrogens is 270 g/mol. The molecule has 2 aromatic rings. The number of amides is 1. The van der Waals surface area contributed by atoms with Gasteiger partial charge in [-0.3, -0.25) is 4.79 Å². The fraction of sp³-hybridized carbons (Fsp3) is 0.235. The standard InChI is InChI=1S/C17H18ClNO/c1-2-3-5-13-8-10-16(11-9-13)19-17(20)14-6-4-7-15(18)12-14/h4,6-12H,2-3,5H2,1H3,(H,19,20). The molecule has 0 saturated heterocycles. The Morgan fingerprint density at radius 3 is 2.55 bits per heavy atom. The molecule has 0 bridgehead atoms. The van der Waals surface area contributed by atoms with Crippen molar-refractivity contribution in [1.82, 2.24) is 0 Å². The van der Waals surface area contributed by atoms with Gasteiger partial charge in [-0.05, 0) is 48.7 Å². The number of anilines is 1. The zero-order valence-corrected chi connectivity index (χ0v) is 12.3. The van der Waals surface area contributed by atoms with E-state index < -0.39 is 0 Å². The number of halogens is 1. The van der Waals surface area contributed by atoms with Gasteiger partial charge in [-0.25, -0.2) is 0 Å². The molecule has 0 aliphatic rings. The summed E-state index contributed by atoms with van der Waals surface area (Å²) in [6.45, 7) is 2.18. The van der Waals surface area contributed by atoms with Gasteiger partial charge >= 0.3 is 0 Å². The van der Waals surface area contributed by atoms with E-state index in [9.17, 15) is 4.79 Å². The van der Waals surface area contributed by atoms with Crippen molar-refractivity contribution in [2.24, 2.45) is 0 Å². The Bertz CT molecular complexity index is 578. The highest BCUT2D eigenvalue weighted by atomic mass is 35.5. The predicted molar refractivity (Wildman–Crippen MR) is 84.5 cm³/mol. The summed E-state index contributed by atoms with van der Waals surface area (Å²) < 4.78 is 0. The van der Waals surface area contributed by atoms with E-state index in [-0.39, 0.29) is 5.91 Å². The molecule has 0 spiro atoms. The average Bonchev–Trinajstić information content (AvgIpc) is 2.46. The van der Waals surface area contributed by atoms with Crippen molar-refractivity contribution >= 4 is 23.2 Å². The predicted octanol–water partition coefficient (Wildman–Crippen LogP) is 4.93. The van der Waals surface area contributed by atoms with Crippen LogP contribution in [0.4, 0.5) is 5.69 Å². The maximum atomic E-state index is 12.1. The molecule has 104 valence electrons. The maximum Gasteiger partial charge on any atom is 0.255 e. The fourth-order valence-corrected chi connectivity index (χ4v) is 2.16. The van der Waals surface area contributed by atoms with Crippen molar-refractivity contribution in [3.8, 4) is 0 Å². The highest BCUT2D eigenvalue weighted by Crippen LogP contribution is 2.15. The number of carbonyl (C=O) groups is 1. The van der Waals surface area contributed by atoms with E-state index in [1.165, 1.54) is 18.4 Å². The average molecular weight is 288 g/mol. The quantitative estimate of drug-likeness (QED) is 0.829. The molecule has 0 aromatic heterocycles. The van der Waals surface area contributed by atoms with Crippen LogP contribution in [0.3, 0.4) is 0 Å². The minimum atomic E-state index is -0.145. The van der Waals surface area contributed by atoms with Crippen molar-refractivity contribution < 1.29 is 4.79 Å². The molecular formula is C17H18ClNO. The zero-order valence-electron chi connectivity index (χ0n) is 11.5. The Hall–Kier alpha value is -1.80. The first-order chi connectivity index (χ1) is 9.69. The molecule has 0 heterocycles. The van der Waals surface area contributed by atoms with E-state index in [1.807, 2.05) is 12.1 Å². The van der Waals surface area contributed by atoms with Crippen LogP contribution >= 0.6 is 11.6 Å². The number of benzene rings is 2. The van der Waals surface area contributed by atoms with Gasteiger partial charge in [0.15, 0.2) is 0 Å². The van der Waals surface area contributed by atoms with E-state index >= 15 is 0 Å². The summed E-state index contributed by atoms with van der Waals surface area (Å²) in [5.74, 6) is -0.145. The number of rotatable bonds is 5. The van der Waals surface area contributed by atoms with Crippen LogP contribution in [0.15, 0.2) is 48.5 Å². The van der Waals surface area contributed by atoms with E-state index in [0.717, 1.165) is 12.1 Å². The van der Waals surface area contributed by atoms with Gasteiger partial charge in [-0.15, -0.1) is 0 Å². The molecule has 2 nitrogen and oxygen atoms in total. The summed E-state index contributed by atoms with van der Waals surface area (Å²) >= 11 is 5.88. The van der Waals surface area contributed by atoms with Crippen molar-refractivity contribution in [2.45, 2.75) is 26.2 Å². The van der Waals surface area contributed by atoms with Gasteiger partial charge in [0.1, 0.15) is 0 Å². The van der Waals surface area contributed by atoms with Crippen molar-refractivity contribution in [3.63, 3.8) is 0 Å². The van der Waals surface area contributed by atoms with Gasteiger partial charge in [0.25, 0.3) is 5.91 Å². The lowest BCUT2D eigenvalue weighted by Crippen LogP contribution is -2.11.